The van der Waals surface area contributed by atoms with Crippen molar-refractivity contribution >= 4 is 0 Å². The molecule has 0 bridgehead atoms. The topological polar surface area (TPSA) is 71.2 Å². The molecule has 96 valence electrons. The van der Waals surface area contributed by atoms with Crippen molar-refractivity contribution in [2.24, 2.45) is 0 Å². The smallest absolute Gasteiger partial charge is 0.114 e. The van der Waals surface area contributed by atoms with Crippen LogP contribution in [0.25, 0.3) is 0 Å². The molecule has 1 aromatic carbocycles. The van der Waals surface area contributed by atoms with E-state index in [4.69, 9.17) is 0 Å². The standard InChI is InChI=1S/C13H17N3O2/c1-13(2,18)12-8-16(15-14-12)11(9-17)10-6-4-3-5-7-10/h3-8,11,17-18H,9H2,1-2H3/t11-/m1/s1. The van der Waals surface area contributed by atoms with Gasteiger partial charge in [-0.15, -0.1) is 5.10 Å². The minimum absolute atomic E-state index is 0.0708. The first kappa shape index (κ1) is 12.7. The van der Waals surface area contributed by atoms with E-state index in [9.17, 15) is 10.2 Å². The lowest BCUT2D eigenvalue weighted by Gasteiger charge is -2.15. The molecular formula is C13H17N3O2. The van der Waals surface area contributed by atoms with Crippen LogP contribution in [0.4, 0.5) is 0 Å². The molecule has 0 aliphatic carbocycles. The molecule has 1 heterocycles. The average Bonchev–Trinajstić information content (AvgIpc) is 2.81. The van der Waals surface area contributed by atoms with Crippen LogP contribution in [0.1, 0.15) is 31.1 Å². The number of benzene rings is 1. The van der Waals surface area contributed by atoms with Crippen LogP contribution < -0.4 is 0 Å². The number of aliphatic hydroxyl groups is 2. The summed E-state index contributed by atoms with van der Waals surface area (Å²) in [5, 5.41) is 27.3. The van der Waals surface area contributed by atoms with Gasteiger partial charge >= 0.3 is 0 Å². The molecule has 1 aromatic heterocycles. The zero-order valence-electron chi connectivity index (χ0n) is 10.5. The van der Waals surface area contributed by atoms with Crippen molar-refractivity contribution in [2.45, 2.75) is 25.5 Å². The van der Waals surface area contributed by atoms with Crippen molar-refractivity contribution in [3.05, 3.63) is 47.8 Å². The van der Waals surface area contributed by atoms with Gasteiger partial charge in [0, 0.05) is 0 Å². The molecule has 0 aliphatic rings. The molecule has 0 radical (unpaired) electrons. The Balaban J connectivity index is 2.32. The Hall–Kier alpha value is -1.72. The predicted molar refractivity (Wildman–Crippen MR) is 66.9 cm³/mol. The Morgan fingerprint density at radius 1 is 1.28 bits per heavy atom. The van der Waals surface area contributed by atoms with Gasteiger partial charge in [0.05, 0.1) is 12.8 Å². The molecule has 0 spiro atoms. The summed E-state index contributed by atoms with van der Waals surface area (Å²) < 4.78 is 1.57. The number of rotatable bonds is 4. The summed E-state index contributed by atoms with van der Waals surface area (Å²) in [5.74, 6) is 0. The largest absolute Gasteiger partial charge is 0.394 e. The van der Waals surface area contributed by atoms with Gasteiger partial charge < -0.3 is 10.2 Å². The van der Waals surface area contributed by atoms with E-state index < -0.39 is 5.60 Å². The monoisotopic (exact) mass is 247 g/mol. The number of hydrogen-bond acceptors (Lipinski definition) is 4. The Labute approximate surface area is 106 Å². The zero-order chi connectivity index (χ0) is 13.2. The molecule has 0 saturated carbocycles. The first-order valence-electron chi connectivity index (χ1n) is 5.83. The maximum absolute atomic E-state index is 9.85. The molecule has 0 aliphatic heterocycles. The summed E-state index contributed by atoms with van der Waals surface area (Å²) in [6.07, 6.45) is 1.66. The maximum Gasteiger partial charge on any atom is 0.114 e. The average molecular weight is 247 g/mol. The quantitative estimate of drug-likeness (QED) is 0.848. The van der Waals surface area contributed by atoms with E-state index in [-0.39, 0.29) is 12.6 Å². The summed E-state index contributed by atoms with van der Waals surface area (Å²) >= 11 is 0. The zero-order valence-corrected chi connectivity index (χ0v) is 10.5. The molecule has 0 unspecified atom stereocenters. The van der Waals surface area contributed by atoms with E-state index in [0.717, 1.165) is 5.56 Å². The first-order valence-corrected chi connectivity index (χ1v) is 5.83. The number of hydrogen-bond donors (Lipinski definition) is 2. The summed E-state index contributed by atoms with van der Waals surface area (Å²) in [4.78, 5) is 0. The van der Waals surface area contributed by atoms with Crippen molar-refractivity contribution in [3.8, 4) is 0 Å². The van der Waals surface area contributed by atoms with E-state index in [2.05, 4.69) is 10.3 Å². The molecule has 0 amide bonds. The third-order valence-electron chi connectivity index (χ3n) is 2.81. The van der Waals surface area contributed by atoms with E-state index in [1.165, 1.54) is 0 Å². The van der Waals surface area contributed by atoms with E-state index in [1.54, 1.807) is 24.7 Å². The molecule has 5 nitrogen and oxygen atoms in total. The van der Waals surface area contributed by atoms with Gasteiger partial charge in [-0.3, -0.25) is 0 Å². The summed E-state index contributed by atoms with van der Waals surface area (Å²) in [6, 6.07) is 9.30. The van der Waals surface area contributed by atoms with Crippen LogP contribution in [0.2, 0.25) is 0 Å². The minimum Gasteiger partial charge on any atom is -0.394 e. The molecule has 2 N–H and O–H groups in total. The van der Waals surface area contributed by atoms with Crippen LogP contribution >= 0.6 is 0 Å². The normalized spacial score (nSPS) is 13.6. The van der Waals surface area contributed by atoms with Gasteiger partial charge in [0.1, 0.15) is 17.3 Å². The predicted octanol–water partition coefficient (Wildman–Crippen LogP) is 1.09. The fraction of sp³-hybridized carbons (Fsp3) is 0.385. The van der Waals surface area contributed by atoms with E-state index in [0.29, 0.717) is 5.69 Å². The van der Waals surface area contributed by atoms with Crippen LogP contribution in [-0.4, -0.2) is 31.8 Å². The Bertz CT molecular complexity index is 502. The highest BCUT2D eigenvalue weighted by atomic mass is 16.3. The SMILES string of the molecule is CC(C)(O)c1cn([C@H](CO)c2ccccc2)nn1. The van der Waals surface area contributed by atoms with Gasteiger partial charge in [-0.05, 0) is 19.4 Å². The number of aromatic nitrogens is 3. The van der Waals surface area contributed by atoms with Gasteiger partial charge in [0.15, 0.2) is 0 Å². The highest BCUT2D eigenvalue weighted by Crippen LogP contribution is 2.20. The molecule has 18 heavy (non-hydrogen) atoms. The first-order chi connectivity index (χ1) is 8.52. The van der Waals surface area contributed by atoms with Crippen LogP contribution in [0.15, 0.2) is 36.5 Å². The molecule has 1 atom stereocenters. The van der Waals surface area contributed by atoms with Crippen LogP contribution in [-0.2, 0) is 5.60 Å². The fourth-order valence-corrected chi connectivity index (χ4v) is 1.73. The molecule has 0 fully saturated rings. The Morgan fingerprint density at radius 2 is 1.94 bits per heavy atom. The van der Waals surface area contributed by atoms with E-state index >= 15 is 0 Å². The van der Waals surface area contributed by atoms with Crippen molar-refractivity contribution in [1.82, 2.24) is 15.0 Å². The van der Waals surface area contributed by atoms with Gasteiger partial charge in [-0.25, -0.2) is 4.68 Å². The Morgan fingerprint density at radius 3 is 2.44 bits per heavy atom. The molecule has 2 rings (SSSR count). The lowest BCUT2D eigenvalue weighted by atomic mass is 10.1. The number of nitrogens with zero attached hydrogens (tertiary/aromatic N) is 3. The van der Waals surface area contributed by atoms with Crippen molar-refractivity contribution in [3.63, 3.8) is 0 Å². The lowest BCUT2D eigenvalue weighted by molar-refractivity contribution is 0.0737. The molecule has 5 heteroatoms. The second kappa shape index (κ2) is 4.88. The maximum atomic E-state index is 9.85. The van der Waals surface area contributed by atoms with Crippen molar-refractivity contribution in [2.75, 3.05) is 6.61 Å². The van der Waals surface area contributed by atoms with Crippen LogP contribution in [0, 0.1) is 0 Å². The van der Waals surface area contributed by atoms with Gasteiger partial charge in [-0.1, -0.05) is 35.5 Å². The van der Waals surface area contributed by atoms with Crippen molar-refractivity contribution < 1.29 is 10.2 Å². The second-order valence-corrected chi connectivity index (χ2v) is 4.75. The summed E-state index contributed by atoms with van der Waals surface area (Å²) in [5.41, 5.74) is 0.402. The highest BCUT2D eigenvalue weighted by molar-refractivity contribution is 5.20. The second-order valence-electron chi connectivity index (χ2n) is 4.75. The van der Waals surface area contributed by atoms with Gasteiger partial charge in [-0.2, -0.15) is 0 Å². The summed E-state index contributed by atoms with van der Waals surface area (Å²) in [6.45, 7) is 3.23. The Kier molecular flexibility index (Phi) is 3.45. The summed E-state index contributed by atoms with van der Waals surface area (Å²) in [7, 11) is 0. The van der Waals surface area contributed by atoms with Crippen LogP contribution in [0.5, 0.6) is 0 Å². The third-order valence-corrected chi connectivity index (χ3v) is 2.81. The third kappa shape index (κ3) is 2.57. The lowest BCUT2D eigenvalue weighted by Crippen LogP contribution is -2.17. The van der Waals surface area contributed by atoms with Crippen molar-refractivity contribution in [1.29, 1.82) is 0 Å². The van der Waals surface area contributed by atoms with Gasteiger partial charge in [0.25, 0.3) is 0 Å². The fourth-order valence-electron chi connectivity index (χ4n) is 1.73. The highest BCUT2D eigenvalue weighted by Gasteiger charge is 2.22. The molecular weight excluding hydrogens is 230 g/mol. The minimum atomic E-state index is -1.03. The van der Waals surface area contributed by atoms with E-state index in [1.807, 2.05) is 30.3 Å². The molecule has 0 saturated heterocycles. The van der Waals surface area contributed by atoms with Gasteiger partial charge in [0.2, 0.25) is 0 Å². The number of aliphatic hydroxyl groups excluding tert-OH is 1. The molecule has 2 aromatic rings. The van der Waals surface area contributed by atoms with Crippen LogP contribution in [0.3, 0.4) is 0 Å².